The predicted molar refractivity (Wildman–Crippen MR) is 96.0 cm³/mol. The van der Waals surface area contributed by atoms with Crippen molar-refractivity contribution in [2.24, 2.45) is 5.92 Å². The summed E-state index contributed by atoms with van der Waals surface area (Å²) in [5.41, 5.74) is 2.29. The summed E-state index contributed by atoms with van der Waals surface area (Å²) in [6.45, 7) is 3.65. The first-order valence-electron chi connectivity index (χ1n) is 8.73. The summed E-state index contributed by atoms with van der Waals surface area (Å²) >= 11 is 0. The molecule has 0 radical (unpaired) electrons. The molecular formula is C21H26O4. The predicted octanol–water partition coefficient (Wildman–Crippen LogP) is 3.80. The van der Waals surface area contributed by atoms with E-state index in [1.165, 1.54) is 0 Å². The molecule has 25 heavy (non-hydrogen) atoms. The zero-order chi connectivity index (χ0) is 17.5. The van der Waals surface area contributed by atoms with E-state index in [0.29, 0.717) is 19.8 Å². The monoisotopic (exact) mass is 342 g/mol. The van der Waals surface area contributed by atoms with Crippen molar-refractivity contribution < 1.29 is 18.9 Å². The van der Waals surface area contributed by atoms with Gasteiger partial charge in [0.1, 0.15) is 6.10 Å². The lowest BCUT2D eigenvalue weighted by molar-refractivity contribution is -0.259. The minimum absolute atomic E-state index is 0.0809. The smallest absolute Gasteiger partial charge is 0.162 e. The maximum Gasteiger partial charge on any atom is 0.162 e. The maximum atomic E-state index is 6.23. The summed E-state index contributed by atoms with van der Waals surface area (Å²) in [5.74, 6) is 0.0863. The second-order valence-corrected chi connectivity index (χ2v) is 6.39. The molecule has 1 aliphatic rings. The summed E-state index contributed by atoms with van der Waals surface area (Å²) in [4.78, 5) is 0. The molecule has 0 N–H and O–H groups in total. The molecular weight excluding hydrogens is 316 g/mol. The highest BCUT2D eigenvalue weighted by Gasteiger charge is 2.39. The molecule has 0 aliphatic carbocycles. The van der Waals surface area contributed by atoms with Gasteiger partial charge in [-0.25, -0.2) is 0 Å². The molecule has 0 unspecified atom stereocenters. The van der Waals surface area contributed by atoms with Crippen molar-refractivity contribution in [2.45, 2.75) is 38.6 Å². The van der Waals surface area contributed by atoms with Gasteiger partial charge in [0.05, 0.1) is 25.9 Å². The Labute approximate surface area is 149 Å². The molecule has 134 valence electrons. The summed E-state index contributed by atoms with van der Waals surface area (Å²) in [5, 5.41) is 0. The van der Waals surface area contributed by atoms with Crippen LogP contribution < -0.4 is 0 Å². The van der Waals surface area contributed by atoms with Crippen LogP contribution in [0.3, 0.4) is 0 Å². The molecule has 0 amide bonds. The Kier molecular flexibility index (Phi) is 6.59. The van der Waals surface area contributed by atoms with Crippen molar-refractivity contribution in [1.82, 2.24) is 0 Å². The van der Waals surface area contributed by atoms with E-state index in [1.54, 1.807) is 7.11 Å². The van der Waals surface area contributed by atoms with E-state index in [1.807, 2.05) is 36.4 Å². The lowest BCUT2D eigenvalue weighted by Gasteiger charge is -2.40. The highest BCUT2D eigenvalue weighted by Crippen LogP contribution is 2.28. The van der Waals surface area contributed by atoms with Crippen molar-refractivity contribution in [1.29, 1.82) is 0 Å². The van der Waals surface area contributed by atoms with E-state index in [9.17, 15) is 0 Å². The third-order valence-corrected chi connectivity index (χ3v) is 4.56. The standard InChI is InChI=1S/C21H26O4/c1-16-20(24-14-18-11-7-4-8-12-18)19(15-25-21(16)22-2)23-13-17-9-5-3-6-10-17/h3-12,16,19-21H,13-15H2,1-2H3/t16-,19+,20-,21-/m0/s1. The maximum absolute atomic E-state index is 6.23. The van der Waals surface area contributed by atoms with Crippen LogP contribution in [0, 0.1) is 5.92 Å². The van der Waals surface area contributed by atoms with Crippen molar-refractivity contribution in [2.75, 3.05) is 13.7 Å². The van der Waals surface area contributed by atoms with Crippen molar-refractivity contribution >= 4 is 0 Å². The highest BCUT2D eigenvalue weighted by molar-refractivity contribution is 5.14. The highest BCUT2D eigenvalue weighted by atomic mass is 16.7. The van der Waals surface area contributed by atoms with E-state index >= 15 is 0 Å². The van der Waals surface area contributed by atoms with Crippen LogP contribution in [-0.2, 0) is 32.2 Å². The molecule has 3 rings (SSSR count). The molecule has 1 heterocycles. The molecule has 0 saturated carbocycles. The number of hydrogen-bond donors (Lipinski definition) is 0. The van der Waals surface area contributed by atoms with Gasteiger partial charge in [0.25, 0.3) is 0 Å². The first-order chi connectivity index (χ1) is 12.3. The van der Waals surface area contributed by atoms with Gasteiger partial charge in [0, 0.05) is 13.0 Å². The fourth-order valence-corrected chi connectivity index (χ4v) is 3.16. The van der Waals surface area contributed by atoms with Crippen LogP contribution in [0.5, 0.6) is 0 Å². The quantitative estimate of drug-likeness (QED) is 0.767. The SMILES string of the molecule is CO[C@H]1OC[C@@H](OCc2ccccc2)[C@@H](OCc2ccccc2)[C@@H]1C. The Hall–Kier alpha value is -1.72. The number of benzene rings is 2. The molecule has 4 heteroatoms. The first kappa shape index (κ1) is 18.1. The molecule has 0 spiro atoms. The van der Waals surface area contributed by atoms with Crippen LogP contribution in [-0.4, -0.2) is 32.2 Å². The topological polar surface area (TPSA) is 36.9 Å². The van der Waals surface area contributed by atoms with Gasteiger partial charge in [-0.2, -0.15) is 0 Å². The van der Waals surface area contributed by atoms with Crippen LogP contribution in [0.25, 0.3) is 0 Å². The second kappa shape index (κ2) is 9.11. The summed E-state index contributed by atoms with van der Waals surface area (Å²) < 4.78 is 23.6. The largest absolute Gasteiger partial charge is 0.370 e. The Morgan fingerprint density at radius 3 is 2.00 bits per heavy atom. The molecule has 1 fully saturated rings. The van der Waals surface area contributed by atoms with Gasteiger partial charge in [0.15, 0.2) is 6.29 Å². The van der Waals surface area contributed by atoms with Gasteiger partial charge in [-0.05, 0) is 11.1 Å². The minimum atomic E-state index is -0.266. The van der Waals surface area contributed by atoms with Gasteiger partial charge >= 0.3 is 0 Å². The van der Waals surface area contributed by atoms with Crippen LogP contribution >= 0.6 is 0 Å². The molecule has 2 aromatic carbocycles. The summed E-state index contributed by atoms with van der Waals surface area (Å²) in [7, 11) is 1.67. The van der Waals surface area contributed by atoms with E-state index in [-0.39, 0.29) is 24.4 Å². The lowest BCUT2D eigenvalue weighted by atomic mass is 9.96. The van der Waals surface area contributed by atoms with Gasteiger partial charge in [-0.3, -0.25) is 0 Å². The number of methoxy groups -OCH3 is 1. The molecule has 4 atom stereocenters. The van der Waals surface area contributed by atoms with E-state index in [0.717, 1.165) is 11.1 Å². The van der Waals surface area contributed by atoms with E-state index < -0.39 is 0 Å². The van der Waals surface area contributed by atoms with Gasteiger partial charge in [0.2, 0.25) is 0 Å². The third kappa shape index (κ3) is 4.89. The average molecular weight is 342 g/mol. The van der Waals surface area contributed by atoms with E-state index in [2.05, 4.69) is 31.2 Å². The fraction of sp³-hybridized carbons (Fsp3) is 0.429. The lowest BCUT2D eigenvalue weighted by Crippen LogP contribution is -2.51. The second-order valence-electron chi connectivity index (χ2n) is 6.39. The van der Waals surface area contributed by atoms with Gasteiger partial charge < -0.3 is 18.9 Å². The fourth-order valence-electron chi connectivity index (χ4n) is 3.16. The molecule has 1 saturated heterocycles. The van der Waals surface area contributed by atoms with Gasteiger partial charge in [-0.15, -0.1) is 0 Å². The van der Waals surface area contributed by atoms with E-state index in [4.69, 9.17) is 18.9 Å². The third-order valence-electron chi connectivity index (χ3n) is 4.56. The minimum Gasteiger partial charge on any atom is -0.370 e. The first-order valence-corrected chi connectivity index (χ1v) is 8.73. The van der Waals surface area contributed by atoms with Gasteiger partial charge in [-0.1, -0.05) is 67.6 Å². The number of hydrogen-bond acceptors (Lipinski definition) is 4. The number of ether oxygens (including phenoxy) is 4. The normalized spacial score (nSPS) is 26.5. The molecule has 0 bridgehead atoms. The Morgan fingerprint density at radius 1 is 0.880 bits per heavy atom. The van der Waals surface area contributed by atoms with Crippen molar-refractivity contribution in [3.05, 3.63) is 71.8 Å². The number of rotatable bonds is 7. The zero-order valence-corrected chi connectivity index (χ0v) is 14.8. The average Bonchev–Trinajstić information content (AvgIpc) is 2.67. The van der Waals surface area contributed by atoms with Crippen LogP contribution in [0.1, 0.15) is 18.1 Å². The Bertz CT molecular complexity index is 616. The van der Waals surface area contributed by atoms with Crippen LogP contribution in [0.15, 0.2) is 60.7 Å². The van der Waals surface area contributed by atoms with Crippen LogP contribution in [0.4, 0.5) is 0 Å². The van der Waals surface area contributed by atoms with Crippen molar-refractivity contribution in [3.8, 4) is 0 Å². The molecule has 4 nitrogen and oxygen atoms in total. The zero-order valence-electron chi connectivity index (χ0n) is 14.8. The Balaban J connectivity index is 1.63. The van der Waals surface area contributed by atoms with Crippen LogP contribution in [0.2, 0.25) is 0 Å². The molecule has 1 aliphatic heterocycles. The molecule has 2 aromatic rings. The molecule has 0 aromatic heterocycles. The van der Waals surface area contributed by atoms with Crippen molar-refractivity contribution in [3.63, 3.8) is 0 Å². The Morgan fingerprint density at radius 2 is 1.44 bits per heavy atom. The summed E-state index contributed by atoms with van der Waals surface area (Å²) in [6.07, 6.45) is -0.467. The summed E-state index contributed by atoms with van der Waals surface area (Å²) in [6, 6.07) is 20.3.